The number of nitrogens with one attached hydrogen (secondary N) is 6. The molecule has 0 aromatic heterocycles. The second-order valence-electron chi connectivity index (χ2n) is 34.6. The van der Waals surface area contributed by atoms with E-state index in [1.807, 2.05) is 26.5 Å². The van der Waals surface area contributed by atoms with E-state index in [0.29, 0.717) is 194 Å². The van der Waals surface area contributed by atoms with Crippen LogP contribution in [0.2, 0.25) is 0 Å². The van der Waals surface area contributed by atoms with E-state index < -0.39 is 88.4 Å². The van der Waals surface area contributed by atoms with Crippen LogP contribution in [0.1, 0.15) is 254 Å². The van der Waals surface area contributed by atoms with E-state index in [1.54, 1.807) is 24.3 Å². The summed E-state index contributed by atoms with van der Waals surface area (Å²) >= 11 is -4.26. The summed E-state index contributed by atoms with van der Waals surface area (Å²) in [4.78, 5) is 186. The van der Waals surface area contributed by atoms with Gasteiger partial charge in [0.15, 0.2) is 5.78 Å². The number of carbonyl (C=O) groups is 14. The summed E-state index contributed by atoms with van der Waals surface area (Å²) in [6.45, 7) is 23.6. The molecule has 3 heterocycles. The number of hydrogen-bond acceptors (Lipinski definition) is 22. The molecule has 0 spiro atoms. The summed E-state index contributed by atoms with van der Waals surface area (Å²) in [5.74, 6) is -7.46. The Hall–Kier alpha value is -7.29. The van der Waals surface area contributed by atoms with Crippen LogP contribution in [-0.2, 0) is 77.4 Å². The Morgan fingerprint density at radius 2 is 0.939 bits per heavy atom. The van der Waals surface area contributed by atoms with Crippen molar-refractivity contribution in [1.82, 2.24) is 51.5 Å². The Morgan fingerprint density at radius 1 is 0.478 bits per heavy atom. The summed E-state index contributed by atoms with van der Waals surface area (Å²) in [6.07, 6.45) is 14.2. The number of aliphatic carboxylic acids is 3. The van der Waals surface area contributed by atoms with Gasteiger partial charge in [-0.25, -0.2) is 9.59 Å². The molecule has 1 aromatic rings. The molecule has 1 aromatic carbocycles. The second-order valence-corrected chi connectivity index (χ2v) is 38.3. The summed E-state index contributed by atoms with van der Waals surface area (Å²) in [6, 6.07) is 3.51. The van der Waals surface area contributed by atoms with Gasteiger partial charge in [0.25, 0.3) is 0 Å². The fourth-order valence-corrected chi connectivity index (χ4v) is 18.0. The number of phenolic OH excluding ortho intramolecular Hbond substituents is 1. The van der Waals surface area contributed by atoms with Crippen LogP contribution in [0.5, 0.6) is 5.75 Å². The van der Waals surface area contributed by atoms with Crippen LogP contribution in [0, 0.1) is 39.9 Å². The van der Waals surface area contributed by atoms with Gasteiger partial charge in [-0.15, -0.1) is 0 Å². The summed E-state index contributed by atoms with van der Waals surface area (Å²) in [5.41, 5.74) is 0.272. The summed E-state index contributed by atoms with van der Waals surface area (Å²) in [5, 5.41) is 55.2. The van der Waals surface area contributed by atoms with E-state index >= 15 is 0 Å². The molecular formula is C83H137InN10O21. The second kappa shape index (κ2) is 53.2. The van der Waals surface area contributed by atoms with Crippen LogP contribution in [0.25, 0.3) is 0 Å². The number of unbranched alkanes of at least 4 members (excludes halogenated alkanes) is 7. The molecule has 0 saturated carbocycles. The molecule has 6 unspecified atom stereocenters. The van der Waals surface area contributed by atoms with E-state index in [0.717, 1.165) is 31.2 Å². The monoisotopic (exact) mass is 1720 g/mol. The fraction of sp³-hybridized carbons (Fsp3) is 0.759. The number of ketones is 3. The van der Waals surface area contributed by atoms with E-state index in [1.165, 1.54) is 6.92 Å². The first-order chi connectivity index (χ1) is 54.4. The van der Waals surface area contributed by atoms with E-state index in [4.69, 9.17) is 13.7 Å². The van der Waals surface area contributed by atoms with E-state index in [-0.39, 0.29) is 146 Å². The van der Waals surface area contributed by atoms with Crippen molar-refractivity contribution in [3.05, 3.63) is 29.8 Å². The first kappa shape index (κ1) is 100. The maximum atomic E-state index is 14.3. The molecule has 4 bridgehead atoms. The number of Topliss-reactive ketones (excluding diaryl/α,β-unsaturated/α-hetero) is 3. The number of aromatic hydroxyl groups is 1. The van der Waals surface area contributed by atoms with Gasteiger partial charge >= 0.3 is 215 Å². The minimum atomic E-state index is -4.26. The predicted molar refractivity (Wildman–Crippen MR) is 432 cm³/mol. The third-order valence-electron chi connectivity index (χ3n) is 21.8. The Morgan fingerprint density at radius 3 is 1.46 bits per heavy atom. The van der Waals surface area contributed by atoms with Gasteiger partial charge in [-0.1, -0.05) is 106 Å². The zero-order valence-electron chi connectivity index (χ0n) is 70.2. The molecule has 10 N–H and O–H groups in total. The maximum Gasteiger partial charge on any atom is 0.326 e. The Balaban J connectivity index is 1.17. The third kappa shape index (κ3) is 44.7. The van der Waals surface area contributed by atoms with Gasteiger partial charge in [0.1, 0.15) is 23.4 Å². The zero-order valence-corrected chi connectivity index (χ0v) is 73.5. The summed E-state index contributed by atoms with van der Waals surface area (Å²) < 4.78 is 16.4. The molecule has 3 aliphatic rings. The number of hydrogen-bond donors (Lipinski definition) is 10. The molecular weight excluding hydrogens is 1590 g/mol. The summed E-state index contributed by atoms with van der Waals surface area (Å²) in [7, 11) is 0. The molecule has 6 amide bonds. The maximum absolute atomic E-state index is 14.3. The average molecular weight is 1730 g/mol. The molecule has 115 heavy (non-hydrogen) atoms. The van der Waals surface area contributed by atoms with Gasteiger partial charge in [0.05, 0.1) is 12.0 Å². The molecule has 32 heteroatoms. The van der Waals surface area contributed by atoms with Gasteiger partial charge in [0, 0.05) is 69.5 Å². The number of phenols is 1. The van der Waals surface area contributed by atoms with Crippen molar-refractivity contribution in [2.45, 2.75) is 267 Å². The molecule has 3 aliphatic heterocycles. The molecule has 0 aliphatic carbocycles. The standard InChI is InChI=1S/C83H140N10O21.In/c1-10-61(69(97)29-16-13-14-24-62(78(110)111)50-66(96)27-15-11-12-17-30-70(98)84-39-19-18-28-68(79(112)113)89-80(114)88-67(59(2)94)35-36-72(100)101)52-82(6,7)37-23-26-64(77(109)87-54-60-31-33-65(95)34-32-60)53-83(8,9)38-22-25-63(51-81(3,4)5)76(108)86-41-21-20-40-85-71(99)55-90-42-44-91(56-73(102)103)46-48-93(58-75(106)107)49-47-92(45-43-90)57-74(104)105;/h31-34,61-64,67-68,95H,10-30,35-58H2,1-9H3,(H,84,98)(H,85,99)(H,86,108)(H,87,109)(H,100,101)(H,102,103)(H,104,105)(H,106,107)(H,110,111)(H,112,113)(H2,88,89,114);/q;+3/p-3/t61?,62?,63?,64?,67-,68-;/m0./s1. The number of carbonyl (C=O) groups excluding carboxylic acids is 11. The van der Waals surface area contributed by atoms with Crippen molar-refractivity contribution in [1.29, 1.82) is 0 Å². The van der Waals surface area contributed by atoms with Crippen LogP contribution in [0.15, 0.2) is 24.3 Å². The van der Waals surface area contributed by atoms with Crippen molar-refractivity contribution < 1.29 is 96.1 Å². The van der Waals surface area contributed by atoms with Crippen LogP contribution in [0.4, 0.5) is 4.79 Å². The van der Waals surface area contributed by atoms with Crippen molar-refractivity contribution in [3.63, 3.8) is 0 Å². The van der Waals surface area contributed by atoms with Crippen molar-refractivity contribution in [2.24, 2.45) is 39.9 Å². The van der Waals surface area contributed by atoms with Gasteiger partial charge in [-0.2, -0.15) is 0 Å². The smallest absolute Gasteiger partial charge is 0.326 e. The van der Waals surface area contributed by atoms with Crippen LogP contribution < -0.4 is 31.9 Å². The van der Waals surface area contributed by atoms with E-state index in [2.05, 4.69) is 80.4 Å². The van der Waals surface area contributed by atoms with Gasteiger partial charge < -0.3 is 47.0 Å². The average Bonchev–Trinajstić information content (AvgIpc) is 1.62. The fourth-order valence-electron chi connectivity index (χ4n) is 15.1. The molecule has 3 fully saturated rings. The number of amides is 6. The van der Waals surface area contributed by atoms with Crippen LogP contribution in [-0.4, -0.2) is 256 Å². The first-order valence-corrected chi connectivity index (χ1v) is 46.0. The van der Waals surface area contributed by atoms with Gasteiger partial charge in [0.2, 0.25) is 17.7 Å². The van der Waals surface area contributed by atoms with Crippen LogP contribution in [0.3, 0.4) is 0 Å². The largest absolute Gasteiger partial charge is 0.508 e. The number of rotatable bonds is 54. The minimum absolute atomic E-state index is 0.00222. The minimum Gasteiger partial charge on any atom is -0.508 e. The number of fused-ring (bicyclic) bond motifs is 7. The first-order valence-electron chi connectivity index (χ1n) is 42.0. The molecule has 8 atom stereocenters. The molecule has 0 radical (unpaired) electrons. The van der Waals surface area contributed by atoms with Gasteiger partial charge in [-0.05, 0) is 150 Å². The third-order valence-corrected chi connectivity index (χ3v) is 25.7. The molecule has 4 rings (SSSR count). The molecule has 31 nitrogen and oxygen atoms in total. The quantitative estimate of drug-likeness (QED) is 0.0275. The topological polar surface area (TPSA) is 433 Å². The van der Waals surface area contributed by atoms with Gasteiger partial charge in [-0.3, -0.25) is 38.4 Å². The SMILES string of the molecule is CCC(CC(C)(C)CCCC(CC(C)(C)CCCC(CC(C)(C)C)C(=O)NCCCCNC(=O)CN1CCN2CCN3CCN(CC1)CC(=O)[O][In]([O]C(=O)C2)[O]C(=O)C3)C(=O)NCc1ccc(O)cc1)C(=O)CCCCCC(CC(=O)CCCCCCC(=O)NCCCC[C@H](NC(=O)N[C@@H](CCC(=O)O)C(C)=O)C(=O)O)C(=O)O. The van der Waals surface area contributed by atoms with E-state index in [9.17, 15) is 82.4 Å². The molecule has 3 saturated heterocycles. The molecule has 648 valence electrons. The number of nitrogens with zero attached hydrogens (tertiary/aromatic N) is 4. The number of carboxylic acid groups (broad SMARTS) is 3. The Kier molecular flexibility index (Phi) is 46.3. The Labute approximate surface area is 690 Å². The van der Waals surface area contributed by atoms with Crippen LogP contribution >= 0.6 is 0 Å². The number of urea groups is 1. The van der Waals surface area contributed by atoms with Crippen molar-refractivity contribution in [3.8, 4) is 5.75 Å². The van der Waals surface area contributed by atoms with Crippen molar-refractivity contribution >= 4 is 106 Å². The Bertz CT molecular complexity index is 3240. The van der Waals surface area contributed by atoms with Crippen molar-refractivity contribution in [2.75, 3.05) is 98.2 Å². The predicted octanol–water partition coefficient (Wildman–Crippen LogP) is 8.13. The number of carboxylic acids is 3. The number of benzene rings is 1. The normalized spacial score (nSPS) is 18.1. The zero-order chi connectivity index (χ0) is 85.1.